The van der Waals surface area contributed by atoms with Crippen LogP contribution in [0, 0.1) is 5.82 Å². The Morgan fingerprint density at radius 1 is 1.12 bits per heavy atom. The second kappa shape index (κ2) is 12.7. The first-order valence-electron chi connectivity index (χ1n) is 10.7. The highest BCUT2D eigenvalue weighted by Gasteiger charge is 2.34. The monoisotopic (exact) mass is 554 g/mol. The van der Waals surface area contributed by atoms with Gasteiger partial charge in [-0.25, -0.2) is 4.39 Å². The Bertz CT molecular complexity index is 916. The van der Waals surface area contributed by atoms with Crippen LogP contribution < -0.4 is 16.0 Å². The summed E-state index contributed by atoms with van der Waals surface area (Å²) in [5.74, 6) is 0.390. The van der Waals surface area contributed by atoms with Gasteiger partial charge in [0.25, 0.3) is 5.91 Å². The molecule has 1 saturated heterocycles. The number of hydrogen-bond acceptors (Lipinski definition) is 3. The topological polar surface area (TPSA) is 74.8 Å². The van der Waals surface area contributed by atoms with E-state index in [2.05, 4.69) is 20.9 Å². The molecule has 0 aromatic heterocycles. The number of halogens is 2. The zero-order valence-electron chi connectivity index (χ0n) is 18.6. The van der Waals surface area contributed by atoms with Crippen LogP contribution in [0.3, 0.4) is 0 Å². The van der Waals surface area contributed by atoms with Gasteiger partial charge in [-0.3, -0.25) is 9.79 Å². The molecule has 6 nitrogen and oxygen atoms in total. The third kappa shape index (κ3) is 6.90. The minimum Gasteiger partial charge on any atom is -0.381 e. The SMILES string of the molecule is CN=C(NCCc1cccc(C(=O)NC)c1)NCC1(c2cccc(F)c2)CCOCC1.I. The van der Waals surface area contributed by atoms with E-state index in [1.165, 1.54) is 6.07 Å². The first-order chi connectivity index (χ1) is 15.1. The molecular formula is C24H32FIN4O2. The number of guanidine groups is 1. The number of hydrogen-bond donors (Lipinski definition) is 3. The van der Waals surface area contributed by atoms with Gasteiger partial charge in [0.1, 0.15) is 5.82 Å². The van der Waals surface area contributed by atoms with Crippen molar-refractivity contribution >= 4 is 35.8 Å². The Hall–Kier alpha value is -2.20. The van der Waals surface area contributed by atoms with Gasteiger partial charge in [0.2, 0.25) is 0 Å². The summed E-state index contributed by atoms with van der Waals surface area (Å²) in [5, 5.41) is 9.40. The van der Waals surface area contributed by atoms with Crippen LogP contribution in [0.15, 0.2) is 53.5 Å². The first kappa shape index (κ1) is 26.1. The molecule has 1 aliphatic heterocycles. The van der Waals surface area contributed by atoms with Crippen LogP contribution in [0.25, 0.3) is 0 Å². The highest BCUT2D eigenvalue weighted by molar-refractivity contribution is 14.0. The summed E-state index contributed by atoms with van der Waals surface area (Å²) in [6.07, 6.45) is 2.41. The lowest BCUT2D eigenvalue weighted by Crippen LogP contribution is -2.48. The van der Waals surface area contributed by atoms with Crippen molar-refractivity contribution < 1.29 is 13.9 Å². The highest BCUT2D eigenvalue weighted by Crippen LogP contribution is 2.34. The number of ether oxygens (including phenoxy) is 1. The second-order valence-corrected chi connectivity index (χ2v) is 7.79. The number of carbonyl (C=O) groups is 1. The standard InChI is InChI=1S/C24H31FN4O2.HI/c1-26-22(30)19-6-3-5-18(15-19)9-12-28-23(27-2)29-17-24(10-13-31-14-11-24)20-7-4-8-21(25)16-20;/h3-8,15-16H,9-14,17H2,1-2H3,(H,26,30)(H2,27,28,29);1H. The Balaban J connectivity index is 0.00000363. The molecule has 3 rings (SSSR count). The quantitative estimate of drug-likeness (QED) is 0.279. The molecular weight excluding hydrogens is 522 g/mol. The number of rotatable bonds is 7. The van der Waals surface area contributed by atoms with Gasteiger partial charge in [-0.2, -0.15) is 0 Å². The van der Waals surface area contributed by atoms with Crippen molar-refractivity contribution in [1.82, 2.24) is 16.0 Å². The molecule has 0 aliphatic carbocycles. The van der Waals surface area contributed by atoms with Gasteiger partial charge in [0, 0.05) is 51.4 Å². The molecule has 1 fully saturated rings. The lowest BCUT2D eigenvalue weighted by atomic mass is 9.74. The normalized spacial score (nSPS) is 15.4. The van der Waals surface area contributed by atoms with Crippen molar-refractivity contribution in [3.05, 3.63) is 71.0 Å². The van der Waals surface area contributed by atoms with Gasteiger partial charge in [0.05, 0.1) is 0 Å². The number of aliphatic imine (C=N–C) groups is 1. The fourth-order valence-electron chi connectivity index (χ4n) is 3.96. The fraction of sp³-hybridized carbons (Fsp3) is 0.417. The zero-order chi connectivity index (χ0) is 22.1. The van der Waals surface area contributed by atoms with E-state index in [0.717, 1.165) is 30.4 Å². The van der Waals surface area contributed by atoms with E-state index in [4.69, 9.17) is 4.74 Å². The second-order valence-electron chi connectivity index (χ2n) is 7.79. The summed E-state index contributed by atoms with van der Waals surface area (Å²) in [7, 11) is 3.36. The predicted molar refractivity (Wildman–Crippen MR) is 136 cm³/mol. The molecule has 3 N–H and O–H groups in total. The van der Waals surface area contributed by atoms with Gasteiger partial charge in [-0.1, -0.05) is 24.3 Å². The number of benzene rings is 2. The average molecular weight is 554 g/mol. The lowest BCUT2D eigenvalue weighted by Gasteiger charge is -2.38. The van der Waals surface area contributed by atoms with E-state index in [1.807, 2.05) is 24.3 Å². The maximum absolute atomic E-state index is 13.9. The number of carbonyl (C=O) groups excluding carboxylic acids is 1. The van der Waals surface area contributed by atoms with Gasteiger partial charge in [-0.05, 0) is 54.7 Å². The first-order valence-corrected chi connectivity index (χ1v) is 10.7. The Kier molecular flexibility index (Phi) is 10.4. The molecule has 0 spiro atoms. The number of nitrogens with zero attached hydrogens (tertiary/aromatic N) is 1. The average Bonchev–Trinajstić information content (AvgIpc) is 2.81. The largest absolute Gasteiger partial charge is 0.381 e. The van der Waals surface area contributed by atoms with E-state index in [-0.39, 0.29) is 41.1 Å². The van der Waals surface area contributed by atoms with Crippen LogP contribution >= 0.6 is 24.0 Å². The van der Waals surface area contributed by atoms with Crippen LogP contribution in [0.1, 0.15) is 34.3 Å². The van der Waals surface area contributed by atoms with Crippen LogP contribution in [0.2, 0.25) is 0 Å². The van der Waals surface area contributed by atoms with E-state index in [1.54, 1.807) is 32.3 Å². The number of nitrogens with one attached hydrogen (secondary N) is 3. The van der Waals surface area contributed by atoms with Gasteiger partial charge in [0.15, 0.2) is 5.96 Å². The maximum atomic E-state index is 13.9. The molecule has 1 heterocycles. The highest BCUT2D eigenvalue weighted by atomic mass is 127. The van der Waals surface area contributed by atoms with Crippen LogP contribution in [0.5, 0.6) is 0 Å². The summed E-state index contributed by atoms with van der Waals surface area (Å²) in [6.45, 7) is 2.64. The third-order valence-corrected chi connectivity index (χ3v) is 5.83. The molecule has 0 saturated carbocycles. The predicted octanol–water partition coefficient (Wildman–Crippen LogP) is 3.26. The van der Waals surface area contributed by atoms with Crippen molar-refractivity contribution in [2.24, 2.45) is 4.99 Å². The lowest BCUT2D eigenvalue weighted by molar-refractivity contribution is 0.0513. The third-order valence-electron chi connectivity index (χ3n) is 5.83. The summed E-state index contributed by atoms with van der Waals surface area (Å²) in [5.41, 5.74) is 2.52. The van der Waals surface area contributed by atoms with Crippen LogP contribution in [0.4, 0.5) is 4.39 Å². The molecule has 0 bridgehead atoms. The molecule has 1 amide bonds. The van der Waals surface area contributed by atoms with Crippen LogP contribution in [-0.2, 0) is 16.6 Å². The van der Waals surface area contributed by atoms with Crippen molar-refractivity contribution in [3.8, 4) is 0 Å². The zero-order valence-corrected chi connectivity index (χ0v) is 20.9. The molecule has 174 valence electrons. The fourth-order valence-corrected chi connectivity index (χ4v) is 3.96. The summed E-state index contributed by atoms with van der Waals surface area (Å²) in [4.78, 5) is 16.1. The Morgan fingerprint density at radius 2 is 1.88 bits per heavy atom. The molecule has 2 aromatic rings. The molecule has 2 aromatic carbocycles. The van der Waals surface area contributed by atoms with Gasteiger partial charge >= 0.3 is 0 Å². The van der Waals surface area contributed by atoms with Crippen molar-refractivity contribution in [2.75, 3.05) is 40.4 Å². The van der Waals surface area contributed by atoms with E-state index < -0.39 is 0 Å². The molecule has 0 radical (unpaired) electrons. The number of amides is 1. The molecule has 0 unspecified atom stereocenters. The molecule has 0 atom stereocenters. The molecule has 8 heteroatoms. The minimum atomic E-state index is -0.218. The molecule has 1 aliphatic rings. The van der Waals surface area contributed by atoms with E-state index >= 15 is 0 Å². The van der Waals surface area contributed by atoms with E-state index in [0.29, 0.717) is 37.8 Å². The Labute approximate surface area is 206 Å². The maximum Gasteiger partial charge on any atom is 0.251 e. The van der Waals surface area contributed by atoms with Gasteiger partial charge in [-0.15, -0.1) is 24.0 Å². The van der Waals surface area contributed by atoms with Crippen molar-refractivity contribution in [1.29, 1.82) is 0 Å². The Morgan fingerprint density at radius 3 is 2.56 bits per heavy atom. The summed E-state index contributed by atoms with van der Waals surface area (Å²) in [6, 6.07) is 14.5. The smallest absolute Gasteiger partial charge is 0.251 e. The summed E-state index contributed by atoms with van der Waals surface area (Å²) >= 11 is 0. The van der Waals surface area contributed by atoms with Crippen molar-refractivity contribution in [3.63, 3.8) is 0 Å². The van der Waals surface area contributed by atoms with Gasteiger partial charge < -0.3 is 20.7 Å². The molecule has 32 heavy (non-hydrogen) atoms. The van der Waals surface area contributed by atoms with Crippen molar-refractivity contribution in [2.45, 2.75) is 24.7 Å². The van der Waals surface area contributed by atoms with Crippen LogP contribution in [-0.4, -0.2) is 52.3 Å². The van der Waals surface area contributed by atoms with E-state index in [9.17, 15) is 9.18 Å². The minimum absolute atomic E-state index is 0. The summed E-state index contributed by atoms with van der Waals surface area (Å²) < 4.78 is 19.4.